The minimum atomic E-state index is -0.974. The van der Waals surface area contributed by atoms with E-state index in [0.29, 0.717) is 27.8 Å². The molecule has 0 spiro atoms. The van der Waals surface area contributed by atoms with E-state index in [-0.39, 0.29) is 24.1 Å². The number of imidazole rings is 1. The van der Waals surface area contributed by atoms with Crippen molar-refractivity contribution < 1.29 is 19.4 Å². The van der Waals surface area contributed by atoms with Gasteiger partial charge in [-0.1, -0.05) is 62.1 Å². The second kappa shape index (κ2) is 13.9. The van der Waals surface area contributed by atoms with Gasteiger partial charge in [0.1, 0.15) is 23.7 Å². The number of hydrogen-bond donors (Lipinski definition) is 1. The molecule has 7 rings (SSSR count). The zero-order valence-corrected chi connectivity index (χ0v) is 28.0. The third-order valence-electron chi connectivity index (χ3n) is 9.98. The van der Waals surface area contributed by atoms with E-state index in [0.717, 1.165) is 85.2 Å². The van der Waals surface area contributed by atoms with Crippen molar-refractivity contribution in [3.8, 4) is 28.3 Å². The van der Waals surface area contributed by atoms with Crippen molar-refractivity contribution >= 4 is 34.5 Å². The molecule has 5 aromatic rings. The molecule has 1 aliphatic heterocycles. The minimum Gasteiger partial charge on any atom is -0.489 e. The van der Waals surface area contributed by atoms with Crippen LogP contribution < -0.4 is 4.74 Å². The van der Waals surface area contributed by atoms with E-state index in [1.54, 1.807) is 12.1 Å². The lowest BCUT2D eigenvalue weighted by Gasteiger charge is -2.30. The van der Waals surface area contributed by atoms with Crippen LogP contribution in [0.5, 0.6) is 5.75 Å². The smallest absolute Gasteiger partial charge is 0.337 e. The molecule has 246 valence electrons. The number of likely N-dealkylation sites (tertiary alicyclic amines) is 1. The first-order valence-electron chi connectivity index (χ1n) is 17.0. The average molecular weight is 662 g/mol. The zero-order chi connectivity index (χ0) is 33.2. The molecule has 0 unspecified atom stereocenters. The van der Waals surface area contributed by atoms with Crippen molar-refractivity contribution in [3.05, 3.63) is 107 Å². The van der Waals surface area contributed by atoms with Gasteiger partial charge in [-0.05, 0) is 109 Å². The van der Waals surface area contributed by atoms with Gasteiger partial charge in [0, 0.05) is 35.3 Å². The Kier molecular flexibility index (Phi) is 9.22. The van der Waals surface area contributed by atoms with Gasteiger partial charge in [-0.25, -0.2) is 9.78 Å². The van der Waals surface area contributed by atoms with Crippen LogP contribution >= 0.6 is 11.6 Å². The number of ether oxygens (including phenoxy) is 1. The maximum atomic E-state index is 13.5. The number of rotatable bonds is 8. The number of para-hydroxylation sites is 1. The molecule has 48 heavy (non-hydrogen) atoms. The van der Waals surface area contributed by atoms with Gasteiger partial charge in [-0.3, -0.25) is 4.79 Å². The molecule has 1 aliphatic carbocycles. The van der Waals surface area contributed by atoms with Crippen molar-refractivity contribution in [2.45, 2.75) is 64.5 Å². The van der Waals surface area contributed by atoms with Crippen LogP contribution in [0.2, 0.25) is 5.02 Å². The molecule has 0 bridgehead atoms. The van der Waals surface area contributed by atoms with Crippen molar-refractivity contribution in [2.75, 3.05) is 13.1 Å². The minimum absolute atomic E-state index is 0.0575. The Morgan fingerprint density at radius 1 is 0.875 bits per heavy atom. The lowest BCUT2D eigenvalue weighted by molar-refractivity contribution is 0.0688. The number of benzene rings is 4. The number of nitrogens with zero attached hydrogens (tertiary/aromatic N) is 3. The van der Waals surface area contributed by atoms with Crippen LogP contribution in [0.4, 0.5) is 0 Å². The molecule has 0 radical (unpaired) electrons. The number of aromatic nitrogens is 2. The Hall–Kier alpha value is -4.62. The SMILES string of the molecule is CC1CCN(C(=O)c2ccc(-c3ccc(Cl)cc3)c(COc3ccc(-c4nc5c(C(=O)O)cccc5n4C4CCCCC4)cc3)c2)CC1. The molecule has 2 aliphatic rings. The number of piperidine rings is 1. The molecule has 1 saturated carbocycles. The monoisotopic (exact) mass is 661 g/mol. The largest absolute Gasteiger partial charge is 0.489 e. The number of halogens is 1. The molecular formula is C40H40ClN3O4. The van der Waals surface area contributed by atoms with Gasteiger partial charge >= 0.3 is 5.97 Å². The fourth-order valence-electron chi connectivity index (χ4n) is 7.21. The van der Waals surface area contributed by atoms with Gasteiger partial charge in [0.25, 0.3) is 5.91 Å². The summed E-state index contributed by atoms with van der Waals surface area (Å²) in [6.45, 7) is 4.08. The zero-order valence-electron chi connectivity index (χ0n) is 27.2. The number of carboxylic acids is 1. The van der Waals surface area contributed by atoms with Crippen molar-refractivity contribution in [2.24, 2.45) is 5.92 Å². The first-order valence-corrected chi connectivity index (χ1v) is 17.4. The molecule has 7 nitrogen and oxygen atoms in total. The van der Waals surface area contributed by atoms with Crippen LogP contribution in [0.1, 0.15) is 84.2 Å². The number of aromatic carboxylic acids is 1. The van der Waals surface area contributed by atoms with Crippen LogP contribution in [0.25, 0.3) is 33.5 Å². The highest BCUT2D eigenvalue weighted by Gasteiger charge is 2.25. The maximum absolute atomic E-state index is 13.5. The lowest BCUT2D eigenvalue weighted by atomic mass is 9.94. The molecule has 1 aromatic heterocycles. The Morgan fingerprint density at radius 3 is 2.29 bits per heavy atom. The van der Waals surface area contributed by atoms with Crippen molar-refractivity contribution in [1.29, 1.82) is 0 Å². The van der Waals surface area contributed by atoms with Gasteiger partial charge in [0.15, 0.2) is 0 Å². The lowest BCUT2D eigenvalue weighted by Crippen LogP contribution is -2.37. The number of hydrogen-bond acceptors (Lipinski definition) is 4. The number of carbonyl (C=O) groups excluding carboxylic acids is 1. The van der Waals surface area contributed by atoms with Crippen LogP contribution in [0.3, 0.4) is 0 Å². The first-order chi connectivity index (χ1) is 23.4. The van der Waals surface area contributed by atoms with E-state index in [1.807, 2.05) is 77.7 Å². The molecular weight excluding hydrogens is 622 g/mol. The summed E-state index contributed by atoms with van der Waals surface area (Å²) < 4.78 is 8.61. The topological polar surface area (TPSA) is 84.7 Å². The summed E-state index contributed by atoms with van der Waals surface area (Å²) in [4.78, 5) is 32.4. The highest BCUT2D eigenvalue weighted by atomic mass is 35.5. The third kappa shape index (κ3) is 6.56. The van der Waals surface area contributed by atoms with Gasteiger partial charge in [0.05, 0.1) is 11.1 Å². The summed E-state index contributed by atoms with van der Waals surface area (Å²) in [5.74, 6) is 1.19. The Balaban J connectivity index is 1.17. The molecule has 2 heterocycles. The third-order valence-corrected chi connectivity index (χ3v) is 10.2. The van der Waals surface area contributed by atoms with E-state index in [9.17, 15) is 14.7 Å². The van der Waals surface area contributed by atoms with Crippen LogP contribution in [0.15, 0.2) is 84.9 Å². The molecule has 8 heteroatoms. The average Bonchev–Trinajstić information content (AvgIpc) is 3.51. The number of carboxylic acid groups (broad SMARTS) is 1. The predicted octanol–water partition coefficient (Wildman–Crippen LogP) is 9.68. The Morgan fingerprint density at radius 2 is 1.58 bits per heavy atom. The summed E-state index contributed by atoms with van der Waals surface area (Å²) >= 11 is 6.19. The van der Waals surface area contributed by atoms with Gasteiger partial charge < -0.3 is 19.3 Å². The fourth-order valence-corrected chi connectivity index (χ4v) is 7.34. The van der Waals surface area contributed by atoms with Crippen LogP contribution in [0, 0.1) is 5.92 Å². The first kappa shape index (κ1) is 32.0. The van der Waals surface area contributed by atoms with E-state index in [4.69, 9.17) is 21.3 Å². The maximum Gasteiger partial charge on any atom is 0.337 e. The standard InChI is InChI=1S/C40H40ClN3O4/c1-26-20-22-43(23-21-26)39(45)29-14-19-34(27-10-15-31(41)16-11-27)30(24-29)25-48-33-17-12-28(13-18-33)38-42-37-35(40(46)47)8-5-9-36(37)44(38)32-6-3-2-4-7-32/h5,8-19,24,26,32H,2-4,6-7,20-23,25H2,1H3,(H,46,47). The highest BCUT2D eigenvalue weighted by molar-refractivity contribution is 6.30. The van der Waals surface area contributed by atoms with E-state index < -0.39 is 5.97 Å². The summed E-state index contributed by atoms with van der Waals surface area (Å²) in [7, 11) is 0. The van der Waals surface area contributed by atoms with Gasteiger partial charge in [0.2, 0.25) is 0 Å². The van der Waals surface area contributed by atoms with E-state index >= 15 is 0 Å². The van der Waals surface area contributed by atoms with Crippen molar-refractivity contribution in [3.63, 3.8) is 0 Å². The summed E-state index contributed by atoms with van der Waals surface area (Å²) in [6, 6.07) is 27.1. The second-order valence-electron chi connectivity index (χ2n) is 13.2. The normalized spacial score (nSPS) is 15.9. The molecule has 2 fully saturated rings. The Bertz CT molecular complexity index is 1940. The summed E-state index contributed by atoms with van der Waals surface area (Å²) in [5, 5.41) is 10.6. The van der Waals surface area contributed by atoms with Crippen molar-refractivity contribution in [1.82, 2.24) is 14.5 Å². The van der Waals surface area contributed by atoms with Crippen LogP contribution in [-0.4, -0.2) is 44.5 Å². The summed E-state index contributed by atoms with van der Waals surface area (Å²) in [5.41, 5.74) is 6.08. The molecule has 4 aromatic carbocycles. The molecule has 0 atom stereocenters. The Labute approximate surface area is 286 Å². The van der Waals surface area contributed by atoms with Gasteiger partial charge in [-0.2, -0.15) is 0 Å². The second-order valence-corrected chi connectivity index (χ2v) is 13.7. The van der Waals surface area contributed by atoms with E-state index in [2.05, 4.69) is 11.5 Å². The molecule has 1 N–H and O–H groups in total. The molecule has 1 saturated heterocycles. The number of amides is 1. The highest BCUT2D eigenvalue weighted by Crippen LogP contribution is 2.37. The quantitative estimate of drug-likeness (QED) is 0.179. The number of fused-ring (bicyclic) bond motifs is 1. The van der Waals surface area contributed by atoms with Gasteiger partial charge in [-0.15, -0.1) is 0 Å². The van der Waals surface area contributed by atoms with Crippen LogP contribution in [-0.2, 0) is 6.61 Å². The number of carbonyl (C=O) groups is 2. The molecule has 1 amide bonds. The summed E-state index contributed by atoms with van der Waals surface area (Å²) in [6.07, 6.45) is 7.67. The fraction of sp³-hybridized carbons (Fsp3) is 0.325. The van der Waals surface area contributed by atoms with E-state index in [1.165, 1.54) is 6.42 Å². The predicted molar refractivity (Wildman–Crippen MR) is 190 cm³/mol.